The van der Waals surface area contributed by atoms with Crippen LogP contribution in [0.2, 0.25) is 0 Å². The van der Waals surface area contributed by atoms with Crippen molar-refractivity contribution in [2.75, 3.05) is 21.7 Å². The third-order valence-corrected chi connectivity index (χ3v) is 8.47. The van der Waals surface area contributed by atoms with Crippen LogP contribution in [0.25, 0.3) is 0 Å². The highest BCUT2D eigenvalue weighted by Gasteiger charge is 2.49. The molecule has 2 saturated heterocycles. The maximum atomic E-state index is 11.9. The zero-order valence-corrected chi connectivity index (χ0v) is 20.4. The van der Waals surface area contributed by atoms with Crippen molar-refractivity contribution in [3.05, 3.63) is 41.7 Å². The number of fused-ring (bicyclic) bond motifs is 1. The van der Waals surface area contributed by atoms with Gasteiger partial charge in [-0.2, -0.15) is 10.2 Å². The van der Waals surface area contributed by atoms with Crippen molar-refractivity contribution in [3.8, 4) is 11.9 Å². The van der Waals surface area contributed by atoms with E-state index in [4.69, 9.17) is 14.7 Å². The summed E-state index contributed by atoms with van der Waals surface area (Å²) in [4.78, 5) is 10.4. The van der Waals surface area contributed by atoms with Gasteiger partial charge in [-0.15, -0.1) is 0 Å². The van der Waals surface area contributed by atoms with Crippen molar-refractivity contribution < 1.29 is 28.1 Å². The van der Waals surface area contributed by atoms with Crippen LogP contribution in [-0.2, 0) is 21.2 Å². The Bertz CT molecular complexity index is 1240. The molecule has 3 aliphatic rings. The minimum absolute atomic E-state index is 0.0975. The first-order valence-electron chi connectivity index (χ1n) is 11.8. The Labute approximate surface area is 208 Å². The first-order chi connectivity index (χ1) is 17.3. The molecule has 5 rings (SSSR count). The molecule has 36 heavy (non-hydrogen) atoms. The van der Waals surface area contributed by atoms with Crippen molar-refractivity contribution in [3.63, 3.8) is 0 Å². The number of anilines is 2. The predicted octanol–water partition coefficient (Wildman–Crippen LogP) is 0.0762. The van der Waals surface area contributed by atoms with Gasteiger partial charge in [-0.3, -0.25) is 10.2 Å². The summed E-state index contributed by atoms with van der Waals surface area (Å²) in [6, 6.07) is 8.99. The molecule has 0 saturated carbocycles. The van der Waals surface area contributed by atoms with Gasteiger partial charge in [0.15, 0.2) is 18.3 Å². The number of ether oxygens (including phenoxy) is 2. The second-order valence-corrected chi connectivity index (χ2v) is 11.5. The number of hydrogen-bond donors (Lipinski definition) is 4. The standard InChI is InChI=1S/C23H28N6O6S/c1-13-18(30)19(31)22(35-13)29-20-17(28-23(29)27-16-6-8-36(32,33)9-7-16)21(26-12-25-20)34-11-15-4-2-14(10-24)3-5-15/h2-5,12-13,16,18-19,22-23,27-28,30-31H,6-9,11H2,1H3/t13-,18-,19-,22-,23?/m1/s1. The molecule has 4 N–H and O–H groups in total. The molecule has 1 aromatic heterocycles. The number of aliphatic hydroxyl groups is 2. The van der Waals surface area contributed by atoms with Gasteiger partial charge in [0, 0.05) is 6.04 Å². The van der Waals surface area contributed by atoms with Crippen LogP contribution in [0.3, 0.4) is 0 Å². The smallest absolute Gasteiger partial charge is 0.243 e. The van der Waals surface area contributed by atoms with Gasteiger partial charge in [-0.05, 0) is 37.5 Å². The minimum Gasteiger partial charge on any atom is -0.471 e. The zero-order chi connectivity index (χ0) is 25.4. The molecular weight excluding hydrogens is 488 g/mol. The lowest BCUT2D eigenvalue weighted by Gasteiger charge is -2.36. The number of aromatic nitrogens is 2. The van der Waals surface area contributed by atoms with Gasteiger partial charge in [0.2, 0.25) is 5.88 Å². The number of nitrogens with one attached hydrogen (secondary N) is 2. The van der Waals surface area contributed by atoms with Crippen molar-refractivity contribution in [1.29, 1.82) is 5.26 Å². The SMILES string of the molecule is C[C@H]1O[C@@H](N2c3ncnc(OCc4ccc(C#N)cc4)c3NC2NC2CCS(=O)(=O)CC2)[C@H](O)[C@@H]1O. The molecule has 0 bridgehead atoms. The monoisotopic (exact) mass is 516 g/mol. The average Bonchev–Trinajstić information content (AvgIpc) is 3.36. The first kappa shape index (κ1) is 24.7. The molecule has 2 aromatic rings. The van der Waals surface area contributed by atoms with E-state index in [-0.39, 0.29) is 30.0 Å². The molecule has 12 nitrogen and oxygen atoms in total. The lowest BCUT2D eigenvalue weighted by Crippen LogP contribution is -2.58. The third-order valence-electron chi connectivity index (χ3n) is 6.75. The Morgan fingerprint density at radius 3 is 2.58 bits per heavy atom. The topological polar surface area (TPSA) is 170 Å². The molecule has 0 amide bonds. The summed E-state index contributed by atoms with van der Waals surface area (Å²) in [5, 5.41) is 36.8. The molecule has 1 unspecified atom stereocenters. The number of nitriles is 1. The van der Waals surface area contributed by atoms with Gasteiger partial charge in [0.1, 0.15) is 40.7 Å². The highest BCUT2D eigenvalue weighted by molar-refractivity contribution is 7.91. The molecule has 0 spiro atoms. The summed E-state index contributed by atoms with van der Waals surface area (Å²) in [5.74, 6) is 0.903. The van der Waals surface area contributed by atoms with Gasteiger partial charge in [0.05, 0.1) is 29.2 Å². The summed E-state index contributed by atoms with van der Waals surface area (Å²) in [6.45, 7) is 1.88. The van der Waals surface area contributed by atoms with Crippen LogP contribution in [0.1, 0.15) is 30.9 Å². The van der Waals surface area contributed by atoms with E-state index >= 15 is 0 Å². The van der Waals surface area contributed by atoms with Crippen molar-refractivity contribution in [1.82, 2.24) is 15.3 Å². The van der Waals surface area contributed by atoms with E-state index in [2.05, 4.69) is 26.7 Å². The number of hydrogen-bond acceptors (Lipinski definition) is 12. The van der Waals surface area contributed by atoms with Crippen LogP contribution in [0.15, 0.2) is 30.6 Å². The second-order valence-electron chi connectivity index (χ2n) is 9.23. The van der Waals surface area contributed by atoms with Crippen LogP contribution in [-0.4, -0.2) is 77.0 Å². The van der Waals surface area contributed by atoms with E-state index in [9.17, 15) is 18.6 Å². The lowest BCUT2D eigenvalue weighted by molar-refractivity contribution is 0.00907. The minimum atomic E-state index is -3.03. The highest BCUT2D eigenvalue weighted by Crippen LogP contribution is 2.42. The Morgan fingerprint density at radius 2 is 1.94 bits per heavy atom. The Hall–Kier alpha value is -3.02. The largest absolute Gasteiger partial charge is 0.471 e. The fourth-order valence-corrected chi connectivity index (χ4v) is 6.17. The van der Waals surface area contributed by atoms with Crippen molar-refractivity contribution in [2.24, 2.45) is 0 Å². The summed E-state index contributed by atoms with van der Waals surface area (Å²) < 4.78 is 35.6. The van der Waals surface area contributed by atoms with Gasteiger partial charge >= 0.3 is 0 Å². The number of rotatable bonds is 6. The molecule has 4 heterocycles. The van der Waals surface area contributed by atoms with Crippen LogP contribution >= 0.6 is 0 Å². The Morgan fingerprint density at radius 1 is 1.22 bits per heavy atom. The van der Waals surface area contributed by atoms with Crippen molar-refractivity contribution in [2.45, 2.75) is 63.2 Å². The first-order valence-corrected chi connectivity index (χ1v) is 13.6. The number of sulfone groups is 1. The van der Waals surface area contributed by atoms with Gasteiger partial charge in [0.25, 0.3) is 0 Å². The van der Waals surface area contributed by atoms with Crippen molar-refractivity contribution >= 4 is 21.3 Å². The van der Waals surface area contributed by atoms with Gasteiger partial charge in [-0.25, -0.2) is 13.4 Å². The molecule has 0 radical (unpaired) electrons. The van der Waals surface area contributed by atoms with E-state index in [0.29, 0.717) is 29.9 Å². The van der Waals surface area contributed by atoms with Crippen LogP contribution in [0.4, 0.5) is 11.5 Å². The maximum Gasteiger partial charge on any atom is 0.243 e. The van der Waals surface area contributed by atoms with Crippen LogP contribution in [0, 0.1) is 11.3 Å². The molecule has 13 heteroatoms. The molecule has 5 atom stereocenters. The summed E-state index contributed by atoms with van der Waals surface area (Å²) in [5.41, 5.74) is 1.88. The molecule has 0 aliphatic carbocycles. The molecular formula is C23H28N6O6S. The highest BCUT2D eigenvalue weighted by atomic mass is 32.2. The molecule has 1 aromatic carbocycles. The van der Waals surface area contributed by atoms with Crippen LogP contribution < -0.4 is 20.3 Å². The van der Waals surface area contributed by atoms with E-state index in [0.717, 1.165) is 5.56 Å². The summed E-state index contributed by atoms with van der Waals surface area (Å²) >= 11 is 0. The lowest BCUT2D eigenvalue weighted by atomic mass is 10.1. The maximum absolute atomic E-state index is 11.9. The van der Waals surface area contributed by atoms with E-state index in [1.165, 1.54) is 6.33 Å². The quantitative estimate of drug-likeness (QED) is 0.408. The van der Waals surface area contributed by atoms with E-state index in [1.54, 1.807) is 36.1 Å². The molecule has 2 fully saturated rings. The molecule has 192 valence electrons. The van der Waals surface area contributed by atoms with Crippen LogP contribution in [0.5, 0.6) is 5.88 Å². The predicted molar refractivity (Wildman–Crippen MR) is 129 cm³/mol. The molecule has 3 aliphatic heterocycles. The number of nitrogens with zero attached hydrogens (tertiary/aromatic N) is 4. The van der Waals surface area contributed by atoms with Gasteiger partial charge in [-0.1, -0.05) is 12.1 Å². The van der Waals surface area contributed by atoms with E-state index in [1.807, 2.05) is 0 Å². The average molecular weight is 517 g/mol. The zero-order valence-electron chi connectivity index (χ0n) is 19.6. The fourth-order valence-electron chi connectivity index (χ4n) is 4.67. The Balaban J connectivity index is 1.39. The summed E-state index contributed by atoms with van der Waals surface area (Å²) in [7, 11) is -3.03. The third kappa shape index (κ3) is 4.82. The number of benzene rings is 1. The summed E-state index contributed by atoms with van der Waals surface area (Å²) in [6.07, 6.45) is -2.14. The second kappa shape index (κ2) is 9.79. The number of aliphatic hydroxyl groups excluding tert-OH is 2. The normalized spacial score (nSPS) is 29.4. The van der Waals surface area contributed by atoms with E-state index < -0.39 is 40.7 Å². The Kier molecular flexibility index (Phi) is 6.71. The van der Waals surface area contributed by atoms with Gasteiger partial charge < -0.3 is 25.0 Å². The fraction of sp³-hybridized carbons (Fsp3) is 0.522.